The summed E-state index contributed by atoms with van der Waals surface area (Å²) in [6.45, 7) is 5.11. The van der Waals surface area contributed by atoms with E-state index in [1.165, 1.54) is 0 Å². The maximum atomic E-state index is 12.2. The van der Waals surface area contributed by atoms with Crippen molar-refractivity contribution in [3.8, 4) is 5.75 Å². The molecule has 138 valence electrons. The van der Waals surface area contributed by atoms with Crippen molar-refractivity contribution < 1.29 is 19.1 Å². The number of carbonyl (C=O) groups is 2. The highest BCUT2D eigenvalue weighted by Gasteiger charge is 2.18. The molecule has 2 N–H and O–H groups in total. The van der Waals surface area contributed by atoms with Gasteiger partial charge in [-0.2, -0.15) is 0 Å². The second-order valence-electron chi connectivity index (χ2n) is 6.29. The number of amides is 2. The van der Waals surface area contributed by atoms with Crippen molar-refractivity contribution in [1.82, 2.24) is 10.6 Å². The van der Waals surface area contributed by atoms with Gasteiger partial charge in [0.15, 0.2) is 0 Å². The van der Waals surface area contributed by atoms with Crippen molar-refractivity contribution in [2.24, 2.45) is 0 Å². The van der Waals surface area contributed by atoms with E-state index in [1.807, 2.05) is 19.9 Å². The van der Waals surface area contributed by atoms with Gasteiger partial charge in [0.05, 0.1) is 24.8 Å². The van der Waals surface area contributed by atoms with Gasteiger partial charge in [-0.25, -0.2) is 0 Å². The predicted octanol–water partition coefficient (Wildman–Crippen LogP) is 2.28. The molecule has 6 nitrogen and oxygen atoms in total. The number of hydrogen-bond acceptors (Lipinski definition) is 4. The Balaban J connectivity index is 1.72. The van der Waals surface area contributed by atoms with E-state index in [9.17, 15) is 9.59 Å². The Hall–Kier alpha value is -2.08. The smallest absolute Gasteiger partial charge is 0.255 e. The van der Waals surface area contributed by atoms with Crippen molar-refractivity contribution >= 4 is 11.8 Å². The number of benzene rings is 1. The molecule has 2 rings (SSSR count). The molecule has 1 aliphatic rings. The van der Waals surface area contributed by atoms with Crippen LogP contribution in [0, 0.1) is 0 Å². The molecule has 0 bridgehead atoms. The Morgan fingerprint density at radius 2 is 2.16 bits per heavy atom. The standard InChI is InChI=1S/C19H28N2O4/c1-3-24-17-9-5-4-8-16(17)19(23)20-13-18(22)21-14(2)10-11-15-7-6-12-25-15/h4-5,8-9,14-15H,3,6-7,10-13H2,1-2H3,(H,20,23)(H,21,22)/t14-,15+/m1/s1. The second-order valence-corrected chi connectivity index (χ2v) is 6.29. The minimum atomic E-state index is -0.314. The highest BCUT2D eigenvalue weighted by molar-refractivity contribution is 5.98. The van der Waals surface area contributed by atoms with E-state index in [4.69, 9.17) is 9.47 Å². The third-order valence-corrected chi connectivity index (χ3v) is 4.19. The lowest BCUT2D eigenvalue weighted by molar-refractivity contribution is -0.120. The average molecular weight is 348 g/mol. The molecular formula is C19H28N2O4. The van der Waals surface area contributed by atoms with Crippen LogP contribution in [0.2, 0.25) is 0 Å². The summed E-state index contributed by atoms with van der Waals surface area (Å²) >= 11 is 0. The number of nitrogens with one attached hydrogen (secondary N) is 2. The monoisotopic (exact) mass is 348 g/mol. The number of ether oxygens (including phenoxy) is 2. The van der Waals surface area contributed by atoms with Crippen molar-refractivity contribution in [1.29, 1.82) is 0 Å². The summed E-state index contributed by atoms with van der Waals surface area (Å²) < 4.78 is 11.0. The number of carbonyl (C=O) groups excluding carboxylic acids is 2. The molecule has 0 aromatic heterocycles. The Morgan fingerprint density at radius 1 is 1.36 bits per heavy atom. The minimum Gasteiger partial charge on any atom is -0.493 e. The fraction of sp³-hybridized carbons (Fsp3) is 0.579. The summed E-state index contributed by atoms with van der Waals surface area (Å²) in [6.07, 6.45) is 4.39. The quantitative estimate of drug-likeness (QED) is 0.718. The highest BCUT2D eigenvalue weighted by Crippen LogP contribution is 2.18. The summed E-state index contributed by atoms with van der Waals surface area (Å²) in [5, 5.41) is 5.55. The first-order chi connectivity index (χ1) is 12.1. The molecule has 1 aromatic rings. The molecule has 1 aromatic carbocycles. The summed E-state index contributed by atoms with van der Waals surface area (Å²) in [5.74, 6) is 0.0149. The van der Waals surface area contributed by atoms with E-state index in [1.54, 1.807) is 18.2 Å². The number of para-hydroxylation sites is 1. The molecule has 2 amide bonds. The number of hydrogen-bond donors (Lipinski definition) is 2. The van der Waals surface area contributed by atoms with Crippen molar-refractivity contribution in [2.75, 3.05) is 19.8 Å². The molecule has 0 unspecified atom stereocenters. The predicted molar refractivity (Wildman–Crippen MR) is 95.8 cm³/mol. The van der Waals surface area contributed by atoms with E-state index in [2.05, 4.69) is 10.6 Å². The fourth-order valence-electron chi connectivity index (χ4n) is 2.90. The van der Waals surface area contributed by atoms with Gasteiger partial charge in [0.2, 0.25) is 5.91 Å². The van der Waals surface area contributed by atoms with E-state index < -0.39 is 0 Å². The molecule has 1 saturated heterocycles. The van der Waals surface area contributed by atoms with Crippen LogP contribution in [0.3, 0.4) is 0 Å². The van der Waals surface area contributed by atoms with Crippen molar-refractivity contribution in [3.63, 3.8) is 0 Å². The van der Waals surface area contributed by atoms with Crippen LogP contribution in [0.1, 0.15) is 49.9 Å². The van der Waals surface area contributed by atoms with E-state index in [0.717, 1.165) is 32.3 Å². The number of rotatable bonds is 9. The zero-order valence-corrected chi connectivity index (χ0v) is 15.0. The molecule has 0 radical (unpaired) electrons. The molecule has 25 heavy (non-hydrogen) atoms. The third-order valence-electron chi connectivity index (χ3n) is 4.19. The van der Waals surface area contributed by atoms with Crippen LogP contribution in [-0.2, 0) is 9.53 Å². The molecule has 0 aliphatic carbocycles. The SMILES string of the molecule is CCOc1ccccc1C(=O)NCC(=O)N[C@H](C)CC[C@@H]1CCCO1. The lowest BCUT2D eigenvalue weighted by atomic mass is 10.1. The Bertz CT molecular complexity index is 570. The van der Waals surface area contributed by atoms with Crippen LogP contribution < -0.4 is 15.4 Å². The lowest BCUT2D eigenvalue weighted by Crippen LogP contribution is -2.41. The highest BCUT2D eigenvalue weighted by atomic mass is 16.5. The molecule has 2 atom stereocenters. The average Bonchev–Trinajstić information content (AvgIpc) is 3.12. The minimum absolute atomic E-state index is 0.0520. The van der Waals surface area contributed by atoms with Gasteiger partial charge < -0.3 is 20.1 Å². The third kappa shape index (κ3) is 6.38. The Morgan fingerprint density at radius 3 is 2.88 bits per heavy atom. The molecule has 0 saturated carbocycles. The summed E-state index contributed by atoms with van der Waals surface area (Å²) in [6, 6.07) is 7.06. The first-order valence-electron chi connectivity index (χ1n) is 9.01. The van der Waals surface area contributed by atoms with Crippen LogP contribution >= 0.6 is 0 Å². The summed E-state index contributed by atoms with van der Waals surface area (Å²) in [7, 11) is 0. The van der Waals surface area contributed by atoms with E-state index >= 15 is 0 Å². The first-order valence-corrected chi connectivity index (χ1v) is 9.01. The van der Waals surface area contributed by atoms with Crippen molar-refractivity contribution in [2.45, 2.75) is 51.7 Å². The van der Waals surface area contributed by atoms with Gasteiger partial charge in [0, 0.05) is 12.6 Å². The fourth-order valence-corrected chi connectivity index (χ4v) is 2.90. The van der Waals surface area contributed by atoms with Crippen LogP contribution in [0.5, 0.6) is 5.75 Å². The van der Waals surface area contributed by atoms with Crippen molar-refractivity contribution in [3.05, 3.63) is 29.8 Å². The van der Waals surface area contributed by atoms with Gasteiger partial charge in [0.1, 0.15) is 5.75 Å². The van der Waals surface area contributed by atoms with Gasteiger partial charge in [-0.1, -0.05) is 12.1 Å². The molecule has 1 fully saturated rings. The van der Waals surface area contributed by atoms with Crippen LogP contribution in [-0.4, -0.2) is 43.7 Å². The zero-order valence-electron chi connectivity index (χ0n) is 15.0. The Kier molecular flexibility index (Phi) is 7.73. The second kappa shape index (κ2) is 10.0. The lowest BCUT2D eigenvalue weighted by Gasteiger charge is -2.16. The maximum absolute atomic E-state index is 12.2. The topological polar surface area (TPSA) is 76.7 Å². The van der Waals surface area contributed by atoms with Gasteiger partial charge in [-0.05, 0) is 51.7 Å². The van der Waals surface area contributed by atoms with Gasteiger partial charge in [-0.15, -0.1) is 0 Å². The van der Waals surface area contributed by atoms with Crippen LogP contribution in [0.15, 0.2) is 24.3 Å². The molecule has 1 heterocycles. The summed E-state index contributed by atoms with van der Waals surface area (Å²) in [5.41, 5.74) is 0.434. The van der Waals surface area contributed by atoms with E-state index in [0.29, 0.717) is 24.0 Å². The van der Waals surface area contributed by atoms with Gasteiger partial charge in [-0.3, -0.25) is 9.59 Å². The normalized spacial score (nSPS) is 17.8. The first kappa shape index (κ1) is 19.2. The molecule has 1 aliphatic heterocycles. The van der Waals surface area contributed by atoms with Gasteiger partial charge in [0.25, 0.3) is 5.91 Å². The largest absolute Gasteiger partial charge is 0.493 e. The Labute approximate surface area is 149 Å². The maximum Gasteiger partial charge on any atom is 0.255 e. The summed E-state index contributed by atoms with van der Waals surface area (Å²) in [4.78, 5) is 24.3. The van der Waals surface area contributed by atoms with Crippen LogP contribution in [0.25, 0.3) is 0 Å². The zero-order chi connectivity index (χ0) is 18.1. The molecular weight excluding hydrogens is 320 g/mol. The van der Waals surface area contributed by atoms with Gasteiger partial charge >= 0.3 is 0 Å². The van der Waals surface area contributed by atoms with E-state index in [-0.39, 0.29) is 24.4 Å². The molecule has 6 heteroatoms. The van der Waals surface area contributed by atoms with Crippen LogP contribution in [0.4, 0.5) is 0 Å². The molecule has 0 spiro atoms.